The van der Waals surface area contributed by atoms with Gasteiger partial charge in [-0.2, -0.15) is 4.98 Å². The molecule has 0 unspecified atom stereocenters. The Labute approximate surface area is 120 Å². The van der Waals surface area contributed by atoms with Gasteiger partial charge in [0.2, 0.25) is 5.88 Å². The molecule has 2 aromatic heterocycles. The molecule has 0 saturated carbocycles. The molecule has 104 valence electrons. The summed E-state index contributed by atoms with van der Waals surface area (Å²) in [5, 5.41) is 11.1. The van der Waals surface area contributed by atoms with Gasteiger partial charge in [0.25, 0.3) is 0 Å². The minimum atomic E-state index is 0.0857. The van der Waals surface area contributed by atoms with Crippen molar-refractivity contribution in [3.05, 3.63) is 47.1 Å². The molecule has 0 saturated heterocycles. The second kappa shape index (κ2) is 5.62. The number of nitrogens with zero attached hydrogens (tertiary/aromatic N) is 2. The molecule has 0 amide bonds. The molecule has 6 heteroatoms. The summed E-state index contributed by atoms with van der Waals surface area (Å²) >= 11 is 1.54. The fraction of sp³-hybridized carbons (Fsp3) is 0.214. The van der Waals surface area contributed by atoms with Crippen LogP contribution in [0.1, 0.15) is 11.3 Å². The number of thiazole rings is 1. The summed E-state index contributed by atoms with van der Waals surface area (Å²) in [6, 6.07) is 7.63. The SMILES string of the molecule is NCc1c(Oc2ccccc2CCO)nc2sccn12. The Morgan fingerprint density at radius 1 is 1.35 bits per heavy atom. The third-order valence-corrected chi connectivity index (χ3v) is 3.83. The first kappa shape index (κ1) is 13.1. The number of aliphatic hydroxyl groups is 1. The van der Waals surface area contributed by atoms with Gasteiger partial charge in [-0.25, -0.2) is 0 Å². The van der Waals surface area contributed by atoms with Crippen molar-refractivity contribution in [1.82, 2.24) is 9.38 Å². The number of fused-ring (bicyclic) bond motifs is 1. The summed E-state index contributed by atoms with van der Waals surface area (Å²) in [6.45, 7) is 0.442. The fourth-order valence-electron chi connectivity index (χ4n) is 2.11. The number of ether oxygens (including phenoxy) is 1. The summed E-state index contributed by atoms with van der Waals surface area (Å²) in [6.07, 6.45) is 2.48. The Balaban J connectivity index is 1.98. The summed E-state index contributed by atoms with van der Waals surface area (Å²) in [7, 11) is 0. The normalized spacial score (nSPS) is 11.1. The summed E-state index contributed by atoms with van der Waals surface area (Å²) in [5.41, 5.74) is 7.59. The monoisotopic (exact) mass is 289 g/mol. The molecule has 0 aliphatic heterocycles. The van der Waals surface area contributed by atoms with Crippen LogP contribution < -0.4 is 10.5 Å². The van der Waals surface area contributed by atoms with Gasteiger partial charge in [-0.05, 0) is 18.1 Å². The maximum absolute atomic E-state index is 9.10. The molecule has 2 heterocycles. The number of hydrogen-bond donors (Lipinski definition) is 2. The molecule has 20 heavy (non-hydrogen) atoms. The first-order valence-electron chi connectivity index (χ1n) is 6.34. The maximum atomic E-state index is 9.10. The largest absolute Gasteiger partial charge is 0.437 e. The van der Waals surface area contributed by atoms with Gasteiger partial charge < -0.3 is 15.6 Å². The maximum Gasteiger partial charge on any atom is 0.243 e. The van der Waals surface area contributed by atoms with E-state index in [1.807, 2.05) is 40.2 Å². The molecule has 1 aromatic carbocycles. The average Bonchev–Trinajstić information content (AvgIpc) is 3.01. The lowest BCUT2D eigenvalue weighted by atomic mass is 10.1. The highest BCUT2D eigenvalue weighted by atomic mass is 32.1. The van der Waals surface area contributed by atoms with E-state index in [-0.39, 0.29) is 6.61 Å². The minimum absolute atomic E-state index is 0.0857. The Morgan fingerprint density at radius 3 is 3.00 bits per heavy atom. The van der Waals surface area contributed by atoms with Gasteiger partial charge in [-0.3, -0.25) is 4.40 Å². The number of aliphatic hydroxyl groups excluding tert-OH is 1. The van der Waals surface area contributed by atoms with Crippen molar-refractivity contribution in [2.75, 3.05) is 6.61 Å². The fourth-order valence-corrected chi connectivity index (χ4v) is 2.84. The Hall–Kier alpha value is -1.89. The standard InChI is InChI=1S/C14H15N3O2S/c15-9-11-13(16-14-17(11)6-8-20-14)19-12-4-2-1-3-10(12)5-7-18/h1-4,6,8,18H,5,7,9,15H2. The van der Waals surface area contributed by atoms with E-state index in [1.165, 1.54) is 11.3 Å². The van der Waals surface area contributed by atoms with Crippen molar-refractivity contribution in [2.24, 2.45) is 5.73 Å². The number of para-hydroxylation sites is 1. The lowest BCUT2D eigenvalue weighted by molar-refractivity contribution is 0.297. The number of aromatic nitrogens is 2. The predicted molar refractivity (Wildman–Crippen MR) is 78.3 cm³/mol. The van der Waals surface area contributed by atoms with E-state index >= 15 is 0 Å². The minimum Gasteiger partial charge on any atom is -0.437 e. The van der Waals surface area contributed by atoms with Crippen molar-refractivity contribution in [3.63, 3.8) is 0 Å². The quantitative estimate of drug-likeness (QED) is 0.755. The molecular formula is C14H15N3O2S. The Kier molecular flexibility index (Phi) is 3.68. The molecule has 0 aliphatic carbocycles. The van der Waals surface area contributed by atoms with E-state index < -0.39 is 0 Å². The van der Waals surface area contributed by atoms with Crippen LogP contribution in [0.2, 0.25) is 0 Å². The highest BCUT2D eigenvalue weighted by molar-refractivity contribution is 7.15. The molecule has 0 spiro atoms. The van der Waals surface area contributed by atoms with E-state index in [0.717, 1.165) is 16.2 Å². The molecule has 0 bridgehead atoms. The van der Waals surface area contributed by atoms with Gasteiger partial charge in [0.05, 0.1) is 0 Å². The number of imidazole rings is 1. The highest BCUT2D eigenvalue weighted by Gasteiger charge is 2.15. The van der Waals surface area contributed by atoms with Crippen LogP contribution >= 0.6 is 11.3 Å². The van der Waals surface area contributed by atoms with E-state index in [0.29, 0.717) is 24.6 Å². The van der Waals surface area contributed by atoms with Crippen LogP contribution in [0.25, 0.3) is 4.96 Å². The van der Waals surface area contributed by atoms with Crippen LogP contribution in [-0.2, 0) is 13.0 Å². The van der Waals surface area contributed by atoms with Crippen molar-refractivity contribution in [3.8, 4) is 11.6 Å². The Bertz CT molecular complexity index is 720. The van der Waals surface area contributed by atoms with Crippen LogP contribution in [0.5, 0.6) is 11.6 Å². The number of rotatable bonds is 5. The molecule has 0 radical (unpaired) electrons. The molecule has 3 N–H and O–H groups in total. The lowest BCUT2D eigenvalue weighted by Crippen LogP contribution is -2.02. The smallest absolute Gasteiger partial charge is 0.243 e. The lowest BCUT2D eigenvalue weighted by Gasteiger charge is -2.09. The topological polar surface area (TPSA) is 72.8 Å². The second-order valence-electron chi connectivity index (χ2n) is 4.31. The first-order valence-corrected chi connectivity index (χ1v) is 7.22. The zero-order valence-corrected chi connectivity index (χ0v) is 11.6. The summed E-state index contributed by atoms with van der Waals surface area (Å²) < 4.78 is 7.85. The van der Waals surface area contributed by atoms with Crippen LogP contribution in [0.4, 0.5) is 0 Å². The van der Waals surface area contributed by atoms with E-state index in [1.54, 1.807) is 0 Å². The third kappa shape index (κ3) is 2.29. The number of hydrogen-bond acceptors (Lipinski definition) is 5. The van der Waals surface area contributed by atoms with Crippen LogP contribution in [0.15, 0.2) is 35.8 Å². The van der Waals surface area contributed by atoms with Crippen LogP contribution in [0.3, 0.4) is 0 Å². The van der Waals surface area contributed by atoms with E-state index in [4.69, 9.17) is 15.6 Å². The number of nitrogens with two attached hydrogens (primary N) is 1. The van der Waals surface area contributed by atoms with Crippen LogP contribution in [-0.4, -0.2) is 21.1 Å². The summed E-state index contributed by atoms with van der Waals surface area (Å²) in [4.78, 5) is 5.32. The van der Waals surface area contributed by atoms with Gasteiger partial charge in [0.1, 0.15) is 11.4 Å². The van der Waals surface area contributed by atoms with E-state index in [9.17, 15) is 0 Å². The molecule has 3 aromatic rings. The highest BCUT2D eigenvalue weighted by Crippen LogP contribution is 2.29. The van der Waals surface area contributed by atoms with Crippen molar-refractivity contribution in [1.29, 1.82) is 0 Å². The van der Waals surface area contributed by atoms with Crippen molar-refractivity contribution < 1.29 is 9.84 Å². The van der Waals surface area contributed by atoms with Gasteiger partial charge in [-0.1, -0.05) is 18.2 Å². The van der Waals surface area contributed by atoms with Gasteiger partial charge >= 0.3 is 0 Å². The molecule has 0 aliphatic rings. The predicted octanol–water partition coefficient (Wildman–Crippen LogP) is 2.18. The van der Waals surface area contributed by atoms with E-state index in [2.05, 4.69) is 4.98 Å². The van der Waals surface area contributed by atoms with Crippen LogP contribution in [0, 0.1) is 0 Å². The van der Waals surface area contributed by atoms with Crippen molar-refractivity contribution in [2.45, 2.75) is 13.0 Å². The average molecular weight is 289 g/mol. The number of benzene rings is 1. The summed E-state index contributed by atoms with van der Waals surface area (Å²) in [5.74, 6) is 1.24. The third-order valence-electron chi connectivity index (χ3n) is 3.08. The molecule has 0 fully saturated rings. The molecule has 0 atom stereocenters. The van der Waals surface area contributed by atoms with Crippen molar-refractivity contribution >= 4 is 16.3 Å². The molecule has 3 rings (SSSR count). The van der Waals surface area contributed by atoms with Gasteiger partial charge in [-0.15, -0.1) is 11.3 Å². The zero-order valence-electron chi connectivity index (χ0n) is 10.8. The first-order chi connectivity index (χ1) is 9.83. The second-order valence-corrected chi connectivity index (χ2v) is 5.18. The zero-order chi connectivity index (χ0) is 13.9. The van der Waals surface area contributed by atoms with Gasteiger partial charge in [0, 0.05) is 24.7 Å². The van der Waals surface area contributed by atoms with Gasteiger partial charge in [0.15, 0.2) is 4.96 Å². The Morgan fingerprint density at radius 2 is 2.20 bits per heavy atom. The molecular weight excluding hydrogens is 274 g/mol. The molecule has 5 nitrogen and oxygen atoms in total.